The number of benzene rings is 3. The number of halogens is 5. The van der Waals surface area contributed by atoms with Crippen LogP contribution in [0.15, 0.2) is 65.6 Å². The summed E-state index contributed by atoms with van der Waals surface area (Å²) in [6.07, 6.45) is -2.23. The number of nitrogens with zero attached hydrogens (tertiary/aromatic N) is 1. The highest BCUT2D eigenvalue weighted by atomic mass is 32.2. The van der Waals surface area contributed by atoms with Gasteiger partial charge >= 0.3 is 6.18 Å². The fraction of sp³-hybridized carbons (Fsp3) is 0.321. The van der Waals surface area contributed by atoms with Crippen LogP contribution < -0.4 is 14.4 Å². The Morgan fingerprint density at radius 1 is 1.00 bits per heavy atom. The van der Waals surface area contributed by atoms with Crippen LogP contribution in [0.4, 0.5) is 27.6 Å². The number of ether oxygens (including phenoxy) is 1. The van der Waals surface area contributed by atoms with Gasteiger partial charge in [-0.25, -0.2) is 17.2 Å². The van der Waals surface area contributed by atoms with E-state index in [1.807, 2.05) is 0 Å². The second-order valence-electron chi connectivity index (χ2n) is 9.83. The fourth-order valence-electron chi connectivity index (χ4n) is 5.04. The molecular weight excluding hydrogens is 555 g/mol. The Bertz CT molecular complexity index is 1540. The smallest absolute Gasteiger partial charge is 0.416 e. The Morgan fingerprint density at radius 2 is 1.75 bits per heavy atom. The summed E-state index contributed by atoms with van der Waals surface area (Å²) in [7, 11) is -4.59. The molecule has 12 heteroatoms. The van der Waals surface area contributed by atoms with Crippen molar-refractivity contribution in [3.63, 3.8) is 0 Å². The van der Waals surface area contributed by atoms with Gasteiger partial charge < -0.3 is 10.1 Å². The number of fused-ring (bicyclic) bond motifs is 1. The normalized spacial score (nSPS) is 17.8. The van der Waals surface area contributed by atoms with Gasteiger partial charge in [0, 0.05) is 11.5 Å². The van der Waals surface area contributed by atoms with E-state index >= 15 is 0 Å². The van der Waals surface area contributed by atoms with Gasteiger partial charge in [-0.15, -0.1) is 0 Å². The van der Waals surface area contributed by atoms with Crippen LogP contribution in [0.5, 0.6) is 5.75 Å². The molecule has 0 bridgehead atoms. The number of carbonyl (C=O) groups excluding carboxylic acids is 1. The standard InChI is InChI=1S/C28H25F5N2O4S/c29-20-9-10-24(30)23(14-20)18-8-11-26-25(12-18)35(16-21(39-26)15-34-27(36)17-4-1-2-5-17)40(37,38)22-7-3-6-19(13-22)28(31,32)33/h3,6-14,17,21H,1-2,4-5,15-16H2,(H,34,36)/t21-/m0/s1. The molecule has 0 aromatic heterocycles. The van der Waals surface area contributed by atoms with Crippen molar-refractivity contribution in [3.05, 3.63) is 77.9 Å². The summed E-state index contributed by atoms with van der Waals surface area (Å²) < 4.78 is 103. The summed E-state index contributed by atoms with van der Waals surface area (Å²) in [5, 5.41) is 2.79. The van der Waals surface area contributed by atoms with E-state index in [0.29, 0.717) is 6.07 Å². The molecule has 0 saturated heterocycles. The zero-order valence-electron chi connectivity index (χ0n) is 21.0. The fourth-order valence-corrected chi connectivity index (χ4v) is 6.58. The molecular formula is C28H25F5N2O4S. The molecule has 1 fully saturated rings. The molecule has 1 amide bonds. The van der Waals surface area contributed by atoms with Gasteiger partial charge in [0.25, 0.3) is 10.0 Å². The van der Waals surface area contributed by atoms with Crippen LogP contribution in [0.1, 0.15) is 31.2 Å². The van der Waals surface area contributed by atoms with Gasteiger partial charge in [-0.1, -0.05) is 25.0 Å². The lowest BCUT2D eigenvalue weighted by Gasteiger charge is -2.36. The van der Waals surface area contributed by atoms with E-state index in [0.717, 1.165) is 66.4 Å². The number of alkyl halides is 3. The van der Waals surface area contributed by atoms with Crippen LogP contribution in [-0.4, -0.2) is 33.5 Å². The summed E-state index contributed by atoms with van der Waals surface area (Å²) in [5.74, 6) is -1.71. The van der Waals surface area contributed by atoms with Crippen LogP contribution >= 0.6 is 0 Å². The van der Waals surface area contributed by atoms with Crippen LogP contribution in [0.3, 0.4) is 0 Å². The van der Waals surface area contributed by atoms with Crippen molar-refractivity contribution >= 4 is 21.6 Å². The predicted octanol–water partition coefficient (Wildman–Crippen LogP) is 5.91. The molecule has 0 spiro atoms. The lowest BCUT2D eigenvalue weighted by atomic mass is 10.0. The second-order valence-corrected chi connectivity index (χ2v) is 11.7. The van der Waals surface area contributed by atoms with E-state index in [1.165, 1.54) is 18.2 Å². The molecule has 0 unspecified atom stereocenters. The van der Waals surface area contributed by atoms with Crippen molar-refractivity contribution in [3.8, 4) is 16.9 Å². The summed E-state index contributed by atoms with van der Waals surface area (Å²) in [5.41, 5.74) is -1.20. The third-order valence-corrected chi connectivity index (χ3v) is 8.89. The topological polar surface area (TPSA) is 75.7 Å². The summed E-state index contributed by atoms with van der Waals surface area (Å²) in [6, 6.07) is 10.3. The molecule has 1 aliphatic carbocycles. The molecule has 2 aliphatic rings. The molecule has 1 aliphatic heterocycles. The number of anilines is 1. The SMILES string of the molecule is O=C(NC[C@H]1CN(S(=O)(=O)c2cccc(C(F)(F)F)c2)c2cc(-c3cc(F)ccc3F)ccc2O1)C1CCCC1. The minimum absolute atomic E-state index is 0.0380. The Kier molecular flexibility index (Phi) is 7.47. The average molecular weight is 581 g/mol. The van der Waals surface area contributed by atoms with Gasteiger partial charge in [-0.3, -0.25) is 9.10 Å². The maximum absolute atomic E-state index is 14.5. The second kappa shape index (κ2) is 10.7. The number of rotatable bonds is 6. The van der Waals surface area contributed by atoms with Crippen LogP contribution in [0.25, 0.3) is 11.1 Å². The predicted molar refractivity (Wildman–Crippen MR) is 137 cm³/mol. The van der Waals surface area contributed by atoms with Gasteiger partial charge in [0.15, 0.2) is 0 Å². The Labute approximate surface area is 227 Å². The molecule has 5 rings (SSSR count). The first-order chi connectivity index (χ1) is 18.9. The van der Waals surface area contributed by atoms with Gasteiger partial charge in [0.05, 0.1) is 29.2 Å². The number of nitrogens with one attached hydrogen (secondary N) is 1. The quantitative estimate of drug-likeness (QED) is 0.368. The third kappa shape index (κ3) is 5.63. The van der Waals surface area contributed by atoms with Crippen molar-refractivity contribution in [2.75, 3.05) is 17.4 Å². The molecule has 1 saturated carbocycles. The Balaban J connectivity index is 1.53. The minimum atomic E-state index is -4.77. The highest BCUT2D eigenvalue weighted by molar-refractivity contribution is 7.92. The molecule has 6 nitrogen and oxygen atoms in total. The number of amides is 1. The molecule has 3 aromatic rings. The number of hydrogen-bond acceptors (Lipinski definition) is 4. The molecule has 3 aromatic carbocycles. The van der Waals surface area contributed by atoms with Crippen molar-refractivity contribution in [2.24, 2.45) is 5.92 Å². The first-order valence-corrected chi connectivity index (χ1v) is 14.1. The van der Waals surface area contributed by atoms with Gasteiger partial charge in [0.1, 0.15) is 23.5 Å². The van der Waals surface area contributed by atoms with Crippen molar-refractivity contribution < 1.29 is 39.9 Å². The molecule has 40 heavy (non-hydrogen) atoms. The van der Waals surface area contributed by atoms with E-state index < -0.39 is 44.4 Å². The third-order valence-electron chi connectivity index (χ3n) is 7.11. The summed E-state index contributed by atoms with van der Waals surface area (Å²) in [6.45, 7) is -0.380. The Hall–Kier alpha value is -3.67. The van der Waals surface area contributed by atoms with Crippen LogP contribution in [0.2, 0.25) is 0 Å². The van der Waals surface area contributed by atoms with Crippen LogP contribution in [-0.2, 0) is 21.0 Å². The highest BCUT2D eigenvalue weighted by Gasteiger charge is 2.37. The first-order valence-electron chi connectivity index (χ1n) is 12.7. The number of sulfonamides is 1. The summed E-state index contributed by atoms with van der Waals surface area (Å²) >= 11 is 0. The molecule has 1 heterocycles. The van der Waals surface area contributed by atoms with Crippen molar-refractivity contribution in [2.45, 2.75) is 42.9 Å². The zero-order chi connectivity index (χ0) is 28.7. The highest BCUT2D eigenvalue weighted by Crippen LogP contribution is 2.41. The minimum Gasteiger partial charge on any atom is -0.484 e. The van der Waals surface area contributed by atoms with Gasteiger partial charge in [-0.05, 0) is 66.9 Å². The van der Waals surface area contributed by atoms with E-state index in [2.05, 4.69) is 5.32 Å². The van der Waals surface area contributed by atoms with E-state index in [1.54, 1.807) is 0 Å². The van der Waals surface area contributed by atoms with Crippen LogP contribution in [0, 0.1) is 17.6 Å². The number of hydrogen-bond donors (Lipinski definition) is 1. The monoisotopic (exact) mass is 580 g/mol. The maximum Gasteiger partial charge on any atom is 0.416 e. The Morgan fingerprint density at radius 3 is 2.48 bits per heavy atom. The van der Waals surface area contributed by atoms with E-state index in [9.17, 15) is 35.2 Å². The van der Waals surface area contributed by atoms with E-state index in [-0.39, 0.29) is 47.5 Å². The van der Waals surface area contributed by atoms with Crippen molar-refractivity contribution in [1.82, 2.24) is 5.32 Å². The summed E-state index contributed by atoms with van der Waals surface area (Å²) in [4.78, 5) is 11.9. The molecule has 1 N–H and O–H groups in total. The average Bonchev–Trinajstić information content (AvgIpc) is 3.47. The zero-order valence-corrected chi connectivity index (χ0v) is 21.9. The largest absolute Gasteiger partial charge is 0.484 e. The molecule has 212 valence electrons. The van der Waals surface area contributed by atoms with Crippen molar-refractivity contribution in [1.29, 1.82) is 0 Å². The maximum atomic E-state index is 14.5. The van der Waals surface area contributed by atoms with E-state index in [4.69, 9.17) is 4.74 Å². The van der Waals surface area contributed by atoms with Gasteiger partial charge in [0.2, 0.25) is 5.91 Å². The first kappa shape index (κ1) is 27.9. The molecule has 1 atom stereocenters. The lowest BCUT2D eigenvalue weighted by molar-refractivity contribution is -0.137. The molecule has 0 radical (unpaired) electrons. The number of carbonyl (C=O) groups is 1. The lowest BCUT2D eigenvalue weighted by Crippen LogP contribution is -2.49. The van der Waals surface area contributed by atoms with Gasteiger partial charge in [-0.2, -0.15) is 13.2 Å².